The topological polar surface area (TPSA) is 43.1 Å². The second-order valence-electron chi connectivity index (χ2n) is 3.68. The zero-order valence-electron chi connectivity index (χ0n) is 9.08. The summed E-state index contributed by atoms with van der Waals surface area (Å²) in [5.74, 6) is -1.18. The van der Waals surface area contributed by atoms with Crippen LogP contribution in [0, 0.1) is 5.82 Å². The van der Waals surface area contributed by atoms with Crippen molar-refractivity contribution in [2.45, 2.75) is 0 Å². The fourth-order valence-corrected chi connectivity index (χ4v) is 1.90. The molecule has 2 rings (SSSR count). The summed E-state index contributed by atoms with van der Waals surface area (Å²) in [5, 5.41) is 0.647. The quantitative estimate of drug-likeness (QED) is 0.670. The second-order valence-corrected chi connectivity index (χ2v) is 4.56. The highest BCUT2D eigenvalue weighted by Gasteiger charge is 2.16. The fourth-order valence-electron chi connectivity index (χ4n) is 1.56. The average molecular weight is 284 g/mol. The van der Waals surface area contributed by atoms with E-state index in [2.05, 4.69) is 0 Å². The summed E-state index contributed by atoms with van der Waals surface area (Å²) in [4.78, 5) is 12.1. The van der Waals surface area contributed by atoms with Crippen LogP contribution in [0.2, 0.25) is 10.0 Å². The average Bonchev–Trinajstić information content (AvgIpc) is 2.28. The van der Waals surface area contributed by atoms with E-state index in [1.165, 1.54) is 30.3 Å². The Balaban J connectivity index is 2.48. The zero-order valence-corrected chi connectivity index (χ0v) is 10.6. The molecule has 2 aromatic rings. The van der Waals surface area contributed by atoms with Crippen LogP contribution in [0.4, 0.5) is 10.1 Å². The van der Waals surface area contributed by atoms with Crippen molar-refractivity contribution in [1.82, 2.24) is 0 Å². The van der Waals surface area contributed by atoms with E-state index in [-0.39, 0.29) is 21.8 Å². The van der Waals surface area contributed by atoms with E-state index in [9.17, 15) is 9.18 Å². The molecule has 2 aromatic carbocycles. The lowest BCUT2D eigenvalue weighted by atomic mass is 10.0. The Labute approximate surface area is 113 Å². The molecular weight excluding hydrogens is 276 g/mol. The second kappa shape index (κ2) is 4.96. The maximum absolute atomic E-state index is 13.6. The predicted molar refractivity (Wildman–Crippen MR) is 70.7 cm³/mol. The standard InChI is InChI=1S/C13H8Cl2FNO/c14-7-1-3-9(11(16)5-7)13(18)10-4-2-8(15)6-12(10)17/h1-6H,17H2. The van der Waals surface area contributed by atoms with E-state index in [0.717, 1.165) is 6.07 Å². The number of rotatable bonds is 2. The van der Waals surface area contributed by atoms with Crippen molar-refractivity contribution < 1.29 is 9.18 Å². The Kier molecular flexibility index (Phi) is 3.55. The molecule has 0 aliphatic carbocycles. The highest BCUT2D eigenvalue weighted by molar-refractivity contribution is 6.31. The number of carbonyl (C=O) groups excluding carboxylic acids is 1. The molecule has 0 atom stereocenters. The van der Waals surface area contributed by atoms with Gasteiger partial charge in [-0.05, 0) is 36.4 Å². The van der Waals surface area contributed by atoms with Crippen molar-refractivity contribution in [3.8, 4) is 0 Å². The van der Waals surface area contributed by atoms with Gasteiger partial charge in [-0.1, -0.05) is 23.2 Å². The van der Waals surface area contributed by atoms with Crippen LogP contribution in [0.3, 0.4) is 0 Å². The lowest BCUT2D eigenvalue weighted by Crippen LogP contribution is -2.07. The van der Waals surface area contributed by atoms with Gasteiger partial charge in [-0.3, -0.25) is 4.79 Å². The highest BCUT2D eigenvalue weighted by Crippen LogP contribution is 2.23. The Morgan fingerprint density at radius 3 is 2.11 bits per heavy atom. The van der Waals surface area contributed by atoms with Crippen LogP contribution in [0.25, 0.3) is 0 Å². The minimum Gasteiger partial charge on any atom is -0.398 e. The molecule has 0 bridgehead atoms. The van der Waals surface area contributed by atoms with Gasteiger partial charge in [0.05, 0.1) is 5.56 Å². The third kappa shape index (κ3) is 2.47. The normalized spacial score (nSPS) is 10.4. The zero-order chi connectivity index (χ0) is 13.3. The number of ketones is 1. The summed E-state index contributed by atoms with van der Waals surface area (Å²) in [7, 11) is 0. The van der Waals surface area contributed by atoms with E-state index in [1.54, 1.807) is 0 Å². The van der Waals surface area contributed by atoms with Gasteiger partial charge >= 0.3 is 0 Å². The fraction of sp³-hybridized carbons (Fsp3) is 0. The first-order valence-corrected chi connectivity index (χ1v) is 5.79. The van der Waals surface area contributed by atoms with Crippen LogP contribution < -0.4 is 5.73 Å². The van der Waals surface area contributed by atoms with Crippen molar-refractivity contribution in [3.05, 3.63) is 63.4 Å². The Bertz CT molecular complexity index is 575. The molecule has 0 unspecified atom stereocenters. The van der Waals surface area contributed by atoms with Crippen LogP contribution in [0.15, 0.2) is 36.4 Å². The van der Waals surface area contributed by atoms with Crippen LogP contribution in [0.5, 0.6) is 0 Å². The van der Waals surface area contributed by atoms with Crippen molar-refractivity contribution in [2.75, 3.05) is 5.73 Å². The first-order chi connectivity index (χ1) is 8.49. The van der Waals surface area contributed by atoms with Gasteiger partial charge in [-0.2, -0.15) is 0 Å². The van der Waals surface area contributed by atoms with Crippen LogP contribution >= 0.6 is 23.2 Å². The van der Waals surface area contributed by atoms with E-state index >= 15 is 0 Å². The van der Waals surface area contributed by atoms with Crippen molar-refractivity contribution in [2.24, 2.45) is 0 Å². The Morgan fingerprint density at radius 1 is 1.00 bits per heavy atom. The minimum absolute atomic E-state index is 0.0755. The van der Waals surface area contributed by atoms with E-state index in [4.69, 9.17) is 28.9 Å². The monoisotopic (exact) mass is 283 g/mol. The number of nitrogen functional groups attached to an aromatic ring is 1. The molecular formula is C13H8Cl2FNO. The molecule has 0 fully saturated rings. The summed E-state index contributed by atoms with van der Waals surface area (Å²) < 4.78 is 13.6. The number of halogens is 3. The van der Waals surface area contributed by atoms with Gasteiger partial charge in [-0.25, -0.2) is 4.39 Å². The van der Waals surface area contributed by atoms with Crippen LogP contribution in [-0.2, 0) is 0 Å². The maximum atomic E-state index is 13.6. The lowest BCUT2D eigenvalue weighted by molar-refractivity contribution is 0.103. The molecule has 92 valence electrons. The third-order valence-electron chi connectivity index (χ3n) is 2.43. The molecule has 2 N–H and O–H groups in total. The number of hydrogen-bond acceptors (Lipinski definition) is 2. The number of benzene rings is 2. The molecule has 0 saturated carbocycles. The molecule has 2 nitrogen and oxygen atoms in total. The van der Waals surface area contributed by atoms with E-state index in [0.29, 0.717) is 5.02 Å². The summed E-state index contributed by atoms with van der Waals surface area (Å²) in [5.41, 5.74) is 6.03. The Hall–Kier alpha value is -1.58. The molecule has 0 radical (unpaired) electrons. The minimum atomic E-state index is -0.679. The summed E-state index contributed by atoms with van der Waals surface area (Å²) in [6, 6.07) is 8.30. The SMILES string of the molecule is Nc1cc(Cl)ccc1C(=O)c1ccc(Cl)cc1F. The molecule has 5 heteroatoms. The maximum Gasteiger partial charge on any atom is 0.198 e. The summed E-state index contributed by atoms with van der Waals surface area (Å²) >= 11 is 11.4. The van der Waals surface area contributed by atoms with Gasteiger partial charge in [0.2, 0.25) is 0 Å². The van der Waals surface area contributed by atoms with E-state index in [1.807, 2.05) is 0 Å². The van der Waals surface area contributed by atoms with Crippen molar-refractivity contribution in [3.63, 3.8) is 0 Å². The van der Waals surface area contributed by atoms with Crippen LogP contribution in [0.1, 0.15) is 15.9 Å². The van der Waals surface area contributed by atoms with Crippen molar-refractivity contribution in [1.29, 1.82) is 0 Å². The summed E-state index contributed by atoms with van der Waals surface area (Å²) in [6.07, 6.45) is 0. The molecule has 18 heavy (non-hydrogen) atoms. The number of nitrogens with two attached hydrogens (primary N) is 1. The molecule has 0 heterocycles. The van der Waals surface area contributed by atoms with Gasteiger partial charge in [0, 0.05) is 21.3 Å². The largest absolute Gasteiger partial charge is 0.398 e. The smallest absolute Gasteiger partial charge is 0.198 e. The predicted octanol–water partition coefficient (Wildman–Crippen LogP) is 3.95. The molecule has 0 amide bonds. The number of anilines is 1. The molecule has 0 saturated heterocycles. The Morgan fingerprint density at radius 2 is 1.56 bits per heavy atom. The number of hydrogen-bond donors (Lipinski definition) is 1. The molecule has 0 aromatic heterocycles. The lowest BCUT2D eigenvalue weighted by Gasteiger charge is -2.06. The first-order valence-electron chi connectivity index (χ1n) is 5.04. The molecule has 0 aliphatic heterocycles. The first kappa shape index (κ1) is 12.9. The van der Waals surface area contributed by atoms with Gasteiger partial charge in [-0.15, -0.1) is 0 Å². The van der Waals surface area contributed by atoms with Gasteiger partial charge in [0.15, 0.2) is 5.78 Å². The van der Waals surface area contributed by atoms with Crippen LogP contribution in [-0.4, -0.2) is 5.78 Å². The van der Waals surface area contributed by atoms with Crippen molar-refractivity contribution >= 4 is 34.7 Å². The van der Waals surface area contributed by atoms with Gasteiger partial charge < -0.3 is 5.73 Å². The van der Waals surface area contributed by atoms with E-state index < -0.39 is 11.6 Å². The molecule has 0 spiro atoms. The van der Waals surface area contributed by atoms with Gasteiger partial charge in [0.25, 0.3) is 0 Å². The number of carbonyl (C=O) groups is 1. The third-order valence-corrected chi connectivity index (χ3v) is 2.90. The van der Waals surface area contributed by atoms with Gasteiger partial charge in [0.1, 0.15) is 5.82 Å². The highest BCUT2D eigenvalue weighted by atomic mass is 35.5. The summed E-state index contributed by atoms with van der Waals surface area (Å²) in [6.45, 7) is 0. The molecule has 0 aliphatic rings.